The van der Waals surface area contributed by atoms with Gasteiger partial charge in [0.25, 0.3) is 0 Å². The van der Waals surface area contributed by atoms with Crippen LogP contribution in [-0.4, -0.2) is 13.2 Å². The molecule has 0 aromatic rings. The zero-order chi connectivity index (χ0) is 9.40. The number of rotatable bonds is 1. The van der Waals surface area contributed by atoms with Crippen molar-refractivity contribution in [1.82, 2.24) is 0 Å². The van der Waals surface area contributed by atoms with E-state index in [0.717, 1.165) is 5.92 Å². The molecule has 1 saturated carbocycles. The molecule has 0 amide bonds. The number of methoxy groups -OCH3 is 1. The Hall–Kier alpha value is -0.0400. The van der Waals surface area contributed by atoms with Crippen LogP contribution in [0.25, 0.3) is 0 Å². The maximum atomic E-state index is 5.30. The average molecular weight is 172 g/mol. The molecule has 0 bridgehead atoms. The highest BCUT2D eigenvalue weighted by Gasteiger charge is 2.19. The summed E-state index contributed by atoms with van der Waals surface area (Å²) in [6.07, 6.45) is 7.21. The van der Waals surface area contributed by atoms with Crippen LogP contribution in [0, 0.1) is 5.92 Å². The van der Waals surface area contributed by atoms with Crippen molar-refractivity contribution in [2.45, 2.75) is 59.0 Å². The van der Waals surface area contributed by atoms with Gasteiger partial charge in [-0.1, -0.05) is 40.0 Å². The van der Waals surface area contributed by atoms with Gasteiger partial charge < -0.3 is 4.74 Å². The largest absolute Gasteiger partial charge is 0.381 e. The average Bonchev–Trinajstić information content (AvgIpc) is 2.07. The highest BCUT2D eigenvalue weighted by atomic mass is 16.5. The van der Waals surface area contributed by atoms with Gasteiger partial charge in [0.1, 0.15) is 0 Å². The van der Waals surface area contributed by atoms with E-state index in [0.29, 0.717) is 6.10 Å². The van der Waals surface area contributed by atoms with Gasteiger partial charge in [-0.2, -0.15) is 0 Å². The van der Waals surface area contributed by atoms with E-state index in [1.54, 1.807) is 0 Å². The molecule has 1 aliphatic rings. The first-order valence-corrected chi connectivity index (χ1v) is 5.29. The topological polar surface area (TPSA) is 9.23 Å². The second-order valence-electron chi connectivity index (χ2n) is 3.74. The second kappa shape index (κ2) is 7.60. The summed E-state index contributed by atoms with van der Waals surface area (Å²) < 4.78 is 5.30. The lowest BCUT2D eigenvalue weighted by Crippen LogP contribution is -2.23. The van der Waals surface area contributed by atoms with E-state index in [2.05, 4.69) is 20.8 Å². The summed E-state index contributed by atoms with van der Waals surface area (Å²) in [7, 11) is 1.83. The maximum absolute atomic E-state index is 5.30. The van der Waals surface area contributed by atoms with E-state index in [1.165, 1.54) is 32.1 Å². The molecule has 0 aromatic carbocycles. The molecule has 0 aromatic heterocycles. The molecule has 0 aliphatic heterocycles. The molecule has 74 valence electrons. The van der Waals surface area contributed by atoms with E-state index in [1.807, 2.05) is 7.11 Å². The van der Waals surface area contributed by atoms with Crippen molar-refractivity contribution in [3.05, 3.63) is 0 Å². The zero-order valence-corrected chi connectivity index (χ0v) is 9.10. The summed E-state index contributed by atoms with van der Waals surface area (Å²) in [5.41, 5.74) is 0. The summed E-state index contributed by atoms with van der Waals surface area (Å²) in [5, 5.41) is 0. The lowest BCUT2D eigenvalue weighted by Gasteiger charge is -2.26. The lowest BCUT2D eigenvalue weighted by molar-refractivity contribution is 0.0310. The van der Waals surface area contributed by atoms with Crippen molar-refractivity contribution in [3.63, 3.8) is 0 Å². The van der Waals surface area contributed by atoms with Crippen molar-refractivity contribution in [2.75, 3.05) is 7.11 Å². The molecule has 1 heteroatoms. The third kappa shape index (κ3) is 4.76. The fourth-order valence-corrected chi connectivity index (χ4v) is 1.63. The van der Waals surface area contributed by atoms with Crippen molar-refractivity contribution < 1.29 is 4.74 Å². The van der Waals surface area contributed by atoms with E-state index in [4.69, 9.17) is 4.74 Å². The summed E-state index contributed by atoms with van der Waals surface area (Å²) in [6, 6.07) is 0. The quantitative estimate of drug-likeness (QED) is 0.587. The van der Waals surface area contributed by atoms with Crippen LogP contribution in [0.4, 0.5) is 0 Å². The minimum Gasteiger partial charge on any atom is -0.381 e. The Labute approximate surface area is 77.5 Å². The van der Waals surface area contributed by atoms with Gasteiger partial charge in [0.05, 0.1) is 6.10 Å². The number of hydrogen-bond donors (Lipinski definition) is 0. The van der Waals surface area contributed by atoms with Crippen molar-refractivity contribution in [2.24, 2.45) is 5.92 Å². The number of hydrogen-bond acceptors (Lipinski definition) is 1. The Bertz CT molecular complexity index is 91.0. The van der Waals surface area contributed by atoms with Gasteiger partial charge in [-0.05, 0) is 18.8 Å². The fourth-order valence-electron chi connectivity index (χ4n) is 1.63. The molecule has 0 N–H and O–H groups in total. The first-order chi connectivity index (χ1) is 5.76. The SMILES string of the molecule is CCC.COC1CCCCC1C. The van der Waals surface area contributed by atoms with Crippen LogP contribution in [-0.2, 0) is 4.74 Å². The molecule has 0 saturated heterocycles. The van der Waals surface area contributed by atoms with Crippen LogP contribution < -0.4 is 0 Å². The highest BCUT2D eigenvalue weighted by molar-refractivity contribution is 4.71. The molecule has 1 aliphatic carbocycles. The molecule has 0 spiro atoms. The first-order valence-electron chi connectivity index (χ1n) is 5.29. The maximum Gasteiger partial charge on any atom is 0.0596 e. The zero-order valence-electron chi connectivity index (χ0n) is 9.10. The summed E-state index contributed by atoms with van der Waals surface area (Å²) in [5.74, 6) is 0.795. The number of ether oxygens (including phenoxy) is 1. The van der Waals surface area contributed by atoms with E-state index in [9.17, 15) is 0 Å². The van der Waals surface area contributed by atoms with Crippen LogP contribution in [0.2, 0.25) is 0 Å². The Morgan fingerprint density at radius 1 is 1.17 bits per heavy atom. The third-order valence-electron chi connectivity index (χ3n) is 2.34. The molecule has 2 unspecified atom stereocenters. The van der Waals surface area contributed by atoms with Crippen LogP contribution in [0.5, 0.6) is 0 Å². The minimum absolute atomic E-state index is 0.554. The third-order valence-corrected chi connectivity index (χ3v) is 2.34. The predicted molar refractivity (Wildman–Crippen MR) is 54.4 cm³/mol. The fraction of sp³-hybridized carbons (Fsp3) is 1.00. The van der Waals surface area contributed by atoms with E-state index < -0.39 is 0 Å². The van der Waals surface area contributed by atoms with Crippen molar-refractivity contribution >= 4 is 0 Å². The second-order valence-corrected chi connectivity index (χ2v) is 3.74. The van der Waals surface area contributed by atoms with Gasteiger partial charge in [-0.15, -0.1) is 0 Å². The summed E-state index contributed by atoms with van der Waals surface area (Å²) >= 11 is 0. The van der Waals surface area contributed by atoms with E-state index >= 15 is 0 Å². The molecule has 2 atom stereocenters. The van der Waals surface area contributed by atoms with Crippen LogP contribution >= 0.6 is 0 Å². The van der Waals surface area contributed by atoms with Gasteiger partial charge in [0.15, 0.2) is 0 Å². The molecule has 12 heavy (non-hydrogen) atoms. The van der Waals surface area contributed by atoms with Crippen LogP contribution in [0.1, 0.15) is 52.9 Å². The Morgan fingerprint density at radius 2 is 1.67 bits per heavy atom. The van der Waals surface area contributed by atoms with E-state index in [-0.39, 0.29) is 0 Å². The molecule has 0 heterocycles. The van der Waals surface area contributed by atoms with Crippen LogP contribution in [0.15, 0.2) is 0 Å². The molecule has 1 fully saturated rings. The normalized spacial score (nSPS) is 29.0. The predicted octanol–water partition coefficient (Wildman–Crippen LogP) is 3.63. The first kappa shape index (κ1) is 12.0. The Morgan fingerprint density at radius 3 is 2.00 bits per heavy atom. The Balaban J connectivity index is 0.000000354. The van der Waals surface area contributed by atoms with Gasteiger partial charge in [-0.25, -0.2) is 0 Å². The minimum atomic E-state index is 0.554. The van der Waals surface area contributed by atoms with Gasteiger partial charge in [-0.3, -0.25) is 0 Å². The standard InChI is InChI=1S/C8H16O.C3H8/c1-7-5-3-4-6-8(7)9-2;1-3-2/h7-8H,3-6H2,1-2H3;3H2,1-2H3. The Kier molecular flexibility index (Phi) is 7.58. The lowest BCUT2D eigenvalue weighted by atomic mass is 9.88. The molecular weight excluding hydrogens is 148 g/mol. The monoisotopic (exact) mass is 172 g/mol. The van der Waals surface area contributed by atoms with Crippen molar-refractivity contribution in [3.8, 4) is 0 Å². The molecule has 1 nitrogen and oxygen atoms in total. The molecular formula is C11H24O. The van der Waals surface area contributed by atoms with Gasteiger partial charge in [0.2, 0.25) is 0 Å². The summed E-state index contributed by atoms with van der Waals surface area (Å²) in [6.45, 7) is 6.54. The highest BCUT2D eigenvalue weighted by Crippen LogP contribution is 2.25. The van der Waals surface area contributed by atoms with Gasteiger partial charge >= 0.3 is 0 Å². The van der Waals surface area contributed by atoms with Crippen molar-refractivity contribution in [1.29, 1.82) is 0 Å². The molecule has 1 rings (SSSR count). The van der Waals surface area contributed by atoms with Crippen LogP contribution in [0.3, 0.4) is 0 Å². The summed E-state index contributed by atoms with van der Waals surface area (Å²) in [4.78, 5) is 0. The molecule has 0 radical (unpaired) electrons. The smallest absolute Gasteiger partial charge is 0.0596 e. The van der Waals surface area contributed by atoms with Gasteiger partial charge in [0, 0.05) is 7.11 Å².